The molecular formula is C24H46N. The Morgan fingerprint density at radius 2 is 1.16 bits per heavy atom. The average Bonchev–Trinajstić information content (AvgIpc) is 3.11. The van der Waals surface area contributed by atoms with Crippen molar-refractivity contribution in [2.24, 2.45) is 0 Å². The van der Waals surface area contributed by atoms with Crippen LogP contribution in [0.25, 0.3) is 0 Å². The molecule has 0 heterocycles. The lowest BCUT2D eigenvalue weighted by Crippen LogP contribution is -2.34. The lowest BCUT2D eigenvalue weighted by atomic mass is 9.90. The van der Waals surface area contributed by atoms with Crippen LogP contribution in [0.15, 0.2) is 12.2 Å². The van der Waals surface area contributed by atoms with Crippen molar-refractivity contribution in [3.63, 3.8) is 0 Å². The van der Waals surface area contributed by atoms with E-state index >= 15 is 0 Å². The number of allylic oxidation sites excluding steroid dienone is 2. The molecule has 25 heavy (non-hydrogen) atoms. The van der Waals surface area contributed by atoms with Crippen molar-refractivity contribution in [3.8, 4) is 0 Å². The number of unbranched alkanes of at least 4 members (excludes halogenated alkanes) is 12. The summed E-state index contributed by atoms with van der Waals surface area (Å²) in [5.74, 6) is 0. The predicted molar refractivity (Wildman–Crippen MR) is 113 cm³/mol. The number of hydrogen-bond acceptors (Lipinski definition) is 0. The molecule has 0 aliphatic heterocycles. The van der Waals surface area contributed by atoms with Gasteiger partial charge >= 0.3 is 0 Å². The second-order valence-electron chi connectivity index (χ2n) is 8.34. The quantitative estimate of drug-likeness (QED) is 0.187. The molecule has 1 aliphatic carbocycles. The Kier molecular flexibility index (Phi) is 14.5. The third-order valence-corrected chi connectivity index (χ3v) is 6.16. The first kappa shape index (κ1) is 22.7. The van der Waals surface area contributed by atoms with E-state index in [2.05, 4.69) is 19.1 Å². The Morgan fingerprint density at radius 3 is 1.68 bits per heavy atom. The van der Waals surface area contributed by atoms with Crippen LogP contribution in [0.4, 0.5) is 0 Å². The van der Waals surface area contributed by atoms with Gasteiger partial charge < -0.3 is 0 Å². The third-order valence-electron chi connectivity index (χ3n) is 6.16. The van der Waals surface area contributed by atoms with Gasteiger partial charge in [0.05, 0.1) is 0 Å². The van der Waals surface area contributed by atoms with E-state index in [4.69, 9.17) is 5.32 Å². The van der Waals surface area contributed by atoms with Gasteiger partial charge in [-0.25, -0.2) is 5.32 Å². The van der Waals surface area contributed by atoms with Crippen molar-refractivity contribution in [1.29, 1.82) is 0 Å². The Bertz CT molecular complexity index is 301. The molecule has 1 aliphatic rings. The molecule has 1 rings (SSSR count). The van der Waals surface area contributed by atoms with Crippen molar-refractivity contribution in [2.45, 2.75) is 134 Å². The van der Waals surface area contributed by atoms with Crippen molar-refractivity contribution >= 4 is 0 Å². The van der Waals surface area contributed by atoms with Gasteiger partial charge in [-0.1, -0.05) is 96.1 Å². The number of hydrogen-bond donors (Lipinski definition) is 0. The van der Waals surface area contributed by atoms with E-state index in [9.17, 15) is 0 Å². The molecule has 0 N–H and O–H groups in total. The van der Waals surface area contributed by atoms with E-state index in [-0.39, 0.29) is 0 Å². The minimum Gasteiger partial charge on any atom is -0.238 e. The Morgan fingerprint density at radius 1 is 0.680 bits per heavy atom. The summed E-state index contributed by atoms with van der Waals surface area (Å²) in [4.78, 5) is 0. The molecule has 1 heteroatoms. The van der Waals surface area contributed by atoms with Crippen LogP contribution in [-0.2, 0) is 0 Å². The maximum absolute atomic E-state index is 4.72. The molecular weight excluding hydrogens is 302 g/mol. The normalized spacial score (nSPS) is 16.9. The molecule has 0 spiro atoms. The molecule has 0 aromatic carbocycles. The SMILES string of the molecule is CCCCCCCCC=CCCCCCCCCC1([N]C)CCCC1. The van der Waals surface area contributed by atoms with E-state index in [1.54, 1.807) is 0 Å². The summed E-state index contributed by atoms with van der Waals surface area (Å²) in [6.45, 7) is 2.29. The van der Waals surface area contributed by atoms with Crippen LogP contribution in [0.1, 0.15) is 129 Å². The highest BCUT2D eigenvalue weighted by Crippen LogP contribution is 2.34. The van der Waals surface area contributed by atoms with Gasteiger partial charge in [0.15, 0.2) is 0 Å². The zero-order chi connectivity index (χ0) is 18.1. The van der Waals surface area contributed by atoms with Gasteiger partial charge in [0, 0.05) is 12.6 Å². The van der Waals surface area contributed by atoms with Gasteiger partial charge in [0.2, 0.25) is 0 Å². The second kappa shape index (κ2) is 15.9. The molecule has 0 unspecified atom stereocenters. The van der Waals surface area contributed by atoms with Crippen molar-refractivity contribution < 1.29 is 0 Å². The fourth-order valence-corrected chi connectivity index (χ4v) is 4.32. The summed E-state index contributed by atoms with van der Waals surface area (Å²) >= 11 is 0. The third kappa shape index (κ3) is 11.8. The molecule has 0 aromatic rings. The molecule has 0 aromatic heterocycles. The molecule has 1 nitrogen and oxygen atoms in total. The minimum atomic E-state index is 0.390. The molecule has 0 bridgehead atoms. The van der Waals surface area contributed by atoms with Crippen LogP contribution >= 0.6 is 0 Å². The molecule has 0 amide bonds. The summed E-state index contributed by atoms with van der Waals surface area (Å²) in [5, 5.41) is 4.72. The molecule has 0 atom stereocenters. The van der Waals surface area contributed by atoms with E-state index in [1.165, 1.54) is 122 Å². The molecule has 1 fully saturated rings. The predicted octanol–water partition coefficient (Wildman–Crippen LogP) is 7.96. The smallest absolute Gasteiger partial charge is 0.0353 e. The van der Waals surface area contributed by atoms with Crippen LogP contribution in [0.5, 0.6) is 0 Å². The van der Waals surface area contributed by atoms with Crippen LogP contribution < -0.4 is 5.32 Å². The topological polar surface area (TPSA) is 14.1 Å². The van der Waals surface area contributed by atoms with Crippen LogP contribution in [0, 0.1) is 0 Å². The van der Waals surface area contributed by atoms with Crippen molar-refractivity contribution in [1.82, 2.24) is 5.32 Å². The summed E-state index contributed by atoms with van der Waals surface area (Å²) < 4.78 is 0. The van der Waals surface area contributed by atoms with E-state index < -0.39 is 0 Å². The van der Waals surface area contributed by atoms with E-state index in [0.29, 0.717) is 5.54 Å². The first-order valence-electron chi connectivity index (χ1n) is 11.6. The number of nitrogens with zero attached hydrogens (tertiary/aromatic N) is 1. The second-order valence-corrected chi connectivity index (χ2v) is 8.34. The van der Waals surface area contributed by atoms with Gasteiger partial charge in [-0.15, -0.1) is 0 Å². The van der Waals surface area contributed by atoms with Crippen LogP contribution in [0.2, 0.25) is 0 Å². The Balaban J connectivity index is 1.79. The standard InChI is InChI=1S/C24H46N/c1-3-4-5-6-7-8-9-10-11-12-13-14-15-16-17-18-21-24(25-2)22-19-20-23-24/h10-11H,3-9,12-23H2,1-2H3. The molecule has 0 saturated heterocycles. The monoisotopic (exact) mass is 348 g/mol. The highest BCUT2D eigenvalue weighted by molar-refractivity contribution is 4.90. The summed E-state index contributed by atoms with van der Waals surface area (Å²) in [5.41, 5.74) is 0.390. The highest BCUT2D eigenvalue weighted by atomic mass is 14.9. The van der Waals surface area contributed by atoms with Gasteiger partial charge in [-0.2, -0.15) is 0 Å². The highest BCUT2D eigenvalue weighted by Gasteiger charge is 2.32. The summed E-state index contributed by atoms with van der Waals surface area (Å²) in [6, 6.07) is 0. The van der Waals surface area contributed by atoms with Crippen LogP contribution in [-0.4, -0.2) is 12.6 Å². The maximum Gasteiger partial charge on any atom is 0.0353 e. The first-order valence-corrected chi connectivity index (χ1v) is 11.6. The van der Waals surface area contributed by atoms with Gasteiger partial charge in [0.1, 0.15) is 0 Å². The average molecular weight is 349 g/mol. The van der Waals surface area contributed by atoms with Gasteiger partial charge in [-0.05, 0) is 44.9 Å². The molecule has 1 saturated carbocycles. The Labute approximate surface area is 159 Å². The zero-order valence-corrected chi connectivity index (χ0v) is 17.5. The fourth-order valence-electron chi connectivity index (χ4n) is 4.32. The van der Waals surface area contributed by atoms with Gasteiger partial charge in [-0.3, -0.25) is 0 Å². The Hall–Kier alpha value is -0.300. The van der Waals surface area contributed by atoms with Gasteiger partial charge in [0.25, 0.3) is 0 Å². The maximum atomic E-state index is 4.72. The molecule has 147 valence electrons. The zero-order valence-electron chi connectivity index (χ0n) is 17.5. The fraction of sp³-hybridized carbons (Fsp3) is 0.917. The lowest BCUT2D eigenvalue weighted by molar-refractivity contribution is 0.313. The van der Waals surface area contributed by atoms with Crippen molar-refractivity contribution in [3.05, 3.63) is 12.2 Å². The largest absolute Gasteiger partial charge is 0.238 e. The first-order chi connectivity index (χ1) is 12.3. The summed E-state index contributed by atoms with van der Waals surface area (Å²) in [7, 11) is 2.05. The summed E-state index contributed by atoms with van der Waals surface area (Å²) in [6.07, 6.45) is 31.3. The van der Waals surface area contributed by atoms with Crippen LogP contribution in [0.3, 0.4) is 0 Å². The number of rotatable bonds is 17. The van der Waals surface area contributed by atoms with Crippen molar-refractivity contribution in [2.75, 3.05) is 7.05 Å². The van der Waals surface area contributed by atoms with E-state index in [1.807, 2.05) is 7.05 Å². The van der Waals surface area contributed by atoms with E-state index in [0.717, 1.165) is 0 Å². The lowest BCUT2D eigenvalue weighted by Gasteiger charge is -2.26. The molecule has 1 radical (unpaired) electrons. The minimum absolute atomic E-state index is 0.390.